The molecule has 8 nitrogen and oxygen atoms in total. The van der Waals surface area contributed by atoms with Gasteiger partial charge in [0.15, 0.2) is 16.6 Å². The van der Waals surface area contributed by atoms with Crippen LogP contribution in [0.25, 0.3) is 11.3 Å². The zero-order valence-corrected chi connectivity index (χ0v) is 25.7. The Morgan fingerprint density at radius 2 is 1.84 bits per heavy atom. The summed E-state index contributed by atoms with van der Waals surface area (Å²) in [4.78, 5) is 17.5. The fourth-order valence-corrected chi connectivity index (χ4v) is 5.27. The van der Waals surface area contributed by atoms with Gasteiger partial charge in [-0.25, -0.2) is 10.4 Å². The standard InChI is InChI=1S/C36H31N5O3S/c1-4-7-28-18-25(19-33(43-3)34(28)44-22-30-9-6-5-8-29(30)20-37)21-38-41-35(42)27-14-12-26(13-15-27)32-23-45-36(40-32)39-31-16-10-24(2)11-17-31/h4-6,8-19,21,23H,1,7,22H2,2-3H3,(H,39,40)(H,41,42)/b38-21-. The van der Waals surface area contributed by atoms with E-state index in [4.69, 9.17) is 9.47 Å². The topological polar surface area (TPSA) is 109 Å². The van der Waals surface area contributed by atoms with Gasteiger partial charge in [0.25, 0.3) is 5.91 Å². The summed E-state index contributed by atoms with van der Waals surface area (Å²) in [6.45, 7) is 6.12. The molecule has 0 radical (unpaired) electrons. The molecular formula is C36H31N5O3S. The first kappa shape index (κ1) is 30.7. The van der Waals surface area contributed by atoms with Crippen molar-refractivity contribution in [2.24, 2.45) is 5.10 Å². The summed E-state index contributed by atoms with van der Waals surface area (Å²) in [7, 11) is 1.56. The van der Waals surface area contributed by atoms with Crippen molar-refractivity contribution in [2.45, 2.75) is 20.0 Å². The fraction of sp³-hybridized carbons (Fsp3) is 0.111. The Morgan fingerprint density at radius 3 is 2.58 bits per heavy atom. The van der Waals surface area contributed by atoms with Gasteiger partial charge in [-0.15, -0.1) is 17.9 Å². The van der Waals surface area contributed by atoms with Crippen molar-refractivity contribution in [3.8, 4) is 28.8 Å². The highest BCUT2D eigenvalue weighted by molar-refractivity contribution is 7.14. The van der Waals surface area contributed by atoms with E-state index in [1.54, 1.807) is 43.7 Å². The summed E-state index contributed by atoms with van der Waals surface area (Å²) < 4.78 is 11.7. The molecule has 9 heteroatoms. The number of methoxy groups -OCH3 is 1. The molecule has 0 aliphatic rings. The summed E-state index contributed by atoms with van der Waals surface area (Å²) in [5.74, 6) is 0.725. The van der Waals surface area contributed by atoms with Crippen LogP contribution in [0.15, 0.2) is 108 Å². The number of carbonyl (C=O) groups excluding carboxylic acids is 1. The number of anilines is 2. The van der Waals surface area contributed by atoms with Crippen LogP contribution in [0.3, 0.4) is 0 Å². The average Bonchev–Trinajstić information content (AvgIpc) is 3.54. The third kappa shape index (κ3) is 7.82. The first-order chi connectivity index (χ1) is 22.0. The molecule has 45 heavy (non-hydrogen) atoms. The number of hydrazone groups is 1. The molecule has 5 aromatic rings. The molecule has 0 unspecified atom stereocenters. The molecule has 2 N–H and O–H groups in total. The Bertz CT molecular complexity index is 1870. The van der Waals surface area contributed by atoms with Crippen molar-refractivity contribution in [1.29, 1.82) is 5.26 Å². The van der Waals surface area contributed by atoms with E-state index in [-0.39, 0.29) is 12.5 Å². The monoisotopic (exact) mass is 613 g/mol. The minimum atomic E-state index is -0.341. The van der Waals surface area contributed by atoms with E-state index < -0.39 is 0 Å². The first-order valence-corrected chi connectivity index (χ1v) is 15.0. The fourth-order valence-electron chi connectivity index (χ4n) is 4.53. The molecule has 224 valence electrons. The van der Waals surface area contributed by atoms with E-state index in [9.17, 15) is 10.1 Å². The zero-order chi connectivity index (χ0) is 31.6. The lowest BCUT2D eigenvalue weighted by atomic mass is 10.1. The van der Waals surface area contributed by atoms with Crippen LogP contribution in [0.1, 0.15) is 38.2 Å². The van der Waals surface area contributed by atoms with Crippen molar-refractivity contribution in [2.75, 3.05) is 12.4 Å². The van der Waals surface area contributed by atoms with Crippen LogP contribution in [0.5, 0.6) is 11.5 Å². The lowest BCUT2D eigenvalue weighted by molar-refractivity contribution is 0.0955. The van der Waals surface area contributed by atoms with Gasteiger partial charge in [-0.05, 0) is 61.4 Å². The van der Waals surface area contributed by atoms with Gasteiger partial charge in [0.05, 0.1) is 30.7 Å². The highest BCUT2D eigenvalue weighted by Gasteiger charge is 2.14. The predicted molar refractivity (Wildman–Crippen MR) is 179 cm³/mol. The number of thiazole rings is 1. The Labute approximate surface area is 266 Å². The average molecular weight is 614 g/mol. The molecule has 0 aliphatic carbocycles. The van der Waals surface area contributed by atoms with E-state index in [0.29, 0.717) is 34.6 Å². The van der Waals surface area contributed by atoms with Crippen LogP contribution in [0.4, 0.5) is 10.8 Å². The third-order valence-corrected chi connectivity index (χ3v) is 7.64. The molecule has 1 aromatic heterocycles. The number of rotatable bonds is 12. The molecule has 0 atom stereocenters. The predicted octanol–water partition coefficient (Wildman–Crippen LogP) is 7.81. The maximum atomic E-state index is 12.8. The smallest absolute Gasteiger partial charge is 0.271 e. The first-order valence-electron chi connectivity index (χ1n) is 14.1. The lowest BCUT2D eigenvalue weighted by Gasteiger charge is -2.16. The van der Waals surface area contributed by atoms with Crippen molar-refractivity contribution in [3.63, 3.8) is 0 Å². The van der Waals surface area contributed by atoms with Crippen LogP contribution in [-0.2, 0) is 13.0 Å². The molecule has 0 aliphatic heterocycles. The number of nitrogens with one attached hydrogen (secondary N) is 2. The number of hydrogen-bond donors (Lipinski definition) is 2. The number of aromatic nitrogens is 1. The van der Waals surface area contributed by atoms with Crippen LogP contribution in [-0.4, -0.2) is 24.2 Å². The highest BCUT2D eigenvalue weighted by atomic mass is 32.1. The van der Waals surface area contributed by atoms with E-state index in [1.165, 1.54) is 16.9 Å². The maximum absolute atomic E-state index is 12.8. The second-order valence-electron chi connectivity index (χ2n) is 10.1. The van der Waals surface area contributed by atoms with Crippen LogP contribution < -0.4 is 20.2 Å². The van der Waals surface area contributed by atoms with Gasteiger partial charge in [0, 0.05) is 33.3 Å². The Morgan fingerprint density at radius 1 is 1.07 bits per heavy atom. The molecule has 5 rings (SSSR count). The molecule has 1 heterocycles. The van der Waals surface area contributed by atoms with E-state index in [1.807, 2.05) is 66.0 Å². The van der Waals surface area contributed by atoms with Gasteiger partial charge in [0.2, 0.25) is 0 Å². The number of hydrogen-bond acceptors (Lipinski definition) is 8. The largest absolute Gasteiger partial charge is 0.493 e. The van der Waals surface area contributed by atoms with Gasteiger partial charge in [0.1, 0.15) is 6.61 Å². The van der Waals surface area contributed by atoms with Gasteiger partial charge in [-0.2, -0.15) is 10.4 Å². The van der Waals surface area contributed by atoms with Crippen LogP contribution in [0.2, 0.25) is 0 Å². The molecule has 0 bridgehead atoms. The third-order valence-electron chi connectivity index (χ3n) is 6.88. The Kier molecular flexibility index (Phi) is 10.00. The Hall–Kier alpha value is -5.72. The number of ether oxygens (including phenoxy) is 2. The van der Waals surface area contributed by atoms with Crippen molar-refractivity contribution in [3.05, 3.63) is 136 Å². The maximum Gasteiger partial charge on any atom is 0.271 e. The second kappa shape index (κ2) is 14.6. The number of allylic oxidation sites excluding steroid dienone is 1. The molecule has 0 saturated heterocycles. The van der Waals surface area contributed by atoms with Gasteiger partial charge in [-0.1, -0.05) is 54.1 Å². The normalized spacial score (nSPS) is 10.7. The number of nitrogens with zero attached hydrogens (tertiary/aromatic N) is 3. The number of carbonyl (C=O) groups is 1. The molecular weight excluding hydrogens is 582 g/mol. The van der Waals surface area contributed by atoms with E-state index >= 15 is 0 Å². The minimum absolute atomic E-state index is 0.209. The molecule has 0 fully saturated rings. The van der Waals surface area contributed by atoms with Gasteiger partial charge >= 0.3 is 0 Å². The molecule has 1 amide bonds. The highest BCUT2D eigenvalue weighted by Crippen LogP contribution is 2.34. The van der Waals surface area contributed by atoms with E-state index in [0.717, 1.165) is 33.2 Å². The quantitative estimate of drug-likeness (QED) is 0.0844. The molecule has 0 saturated carbocycles. The van der Waals surface area contributed by atoms with E-state index in [2.05, 4.69) is 40.4 Å². The number of aryl methyl sites for hydroxylation is 1. The molecule has 4 aromatic carbocycles. The van der Waals surface area contributed by atoms with Gasteiger partial charge in [-0.3, -0.25) is 4.79 Å². The number of amides is 1. The van der Waals surface area contributed by atoms with Crippen molar-refractivity contribution >= 4 is 34.3 Å². The Balaban J connectivity index is 1.23. The zero-order valence-electron chi connectivity index (χ0n) is 24.9. The van der Waals surface area contributed by atoms with Gasteiger partial charge < -0.3 is 14.8 Å². The number of benzene rings is 4. The van der Waals surface area contributed by atoms with Crippen LogP contribution >= 0.6 is 11.3 Å². The van der Waals surface area contributed by atoms with Crippen LogP contribution in [0, 0.1) is 18.3 Å². The second-order valence-corrected chi connectivity index (χ2v) is 10.9. The summed E-state index contributed by atoms with van der Waals surface area (Å²) in [5.41, 5.74) is 9.84. The summed E-state index contributed by atoms with van der Waals surface area (Å²) in [5, 5.41) is 19.7. The SMILES string of the molecule is C=CCc1cc(/C=N\NC(=O)c2ccc(-c3csc(Nc4ccc(C)cc4)n3)cc2)cc(OC)c1OCc1ccccc1C#N. The minimum Gasteiger partial charge on any atom is -0.493 e. The lowest BCUT2D eigenvalue weighted by Crippen LogP contribution is -2.17. The summed E-state index contributed by atoms with van der Waals surface area (Å²) in [6.07, 6.45) is 3.84. The summed E-state index contributed by atoms with van der Waals surface area (Å²) in [6, 6.07) is 28.5. The van der Waals surface area contributed by atoms with Crippen molar-refractivity contribution in [1.82, 2.24) is 10.4 Å². The molecule has 0 spiro atoms. The van der Waals surface area contributed by atoms with Crippen molar-refractivity contribution < 1.29 is 14.3 Å². The summed E-state index contributed by atoms with van der Waals surface area (Å²) >= 11 is 1.52. The number of nitriles is 1.